The van der Waals surface area contributed by atoms with E-state index in [0.717, 1.165) is 5.82 Å². The number of hydrogen-bond donors (Lipinski definition) is 0. The largest absolute Gasteiger partial charge is 0.305 e. The minimum atomic E-state index is -0.117. The maximum Gasteiger partial charge on any atom is 0.137 e. The molecule has 1 aromatic heterocycles. The summed E-state index contributed by atoms with van der Waals surface area (Å²) in [6, 6.07) is 4.23. The summed E-state index contributed by atoms with van der Waals surface area (Å²) in [5.74, 6) is 0.987. The number of aliphatic imine (C=N–C) groups is 1. The topological polar surface area (TPSA) is 28.5 Å². The summed E-state index contributed by atoms with van der Waals surface area (Å²) in [6.07, 6.45) is 12.2. The van der Waals surface area contributed by atoms with Crippen molar-refractivity contribution in [1.29, 1.82) is 0 Å². The Morgan fingerprint density at radius 2 is 2.24 bits per heavy atom. The highest BCUT2D eigenvalue weighted by molar-refractivity contribution is 5.85. The van der Waals surface area contributed by atoms with Crippen LogP contribution in [0.4, 0.5) is 5.82 Å². The Hall–Kier alpha value is -1.90. The van der Waals surface area contributed by atoms with E-state index in [-0.39, 0.29) is 11.6 Å². The summed E-state index contributed by atoms with van der Waals surface area (Å²) in [4.78, 5) is 11.2. The Morgan fingerprint density at radius 1 is 1.35 bits per heavy atom. The molecule has 2 aliphatic rings. The number of anilines is 1. The fraction of sp³-hybridized carbons (Fsp3) is 0.286. The minimum absolute atomic E-state index is 0.117. The van der Waals surface area contributed by atoms with Crippen LogP contribution in [-0.2, 0) is 0 Å². The predicted molar refractivity (Wildman–Crippen MR) is 70.4 cm³/mol. The second kappa shape index (κ2) is 3.55. The molecule has 0 saturated heterocycles. The first kappa shape index (κ1) is 10.3. The Bertz CT molecular complexity index is 530. The van der Waals surface area contributed by atoms with Gasteiger partial charge in [-0.2, -0.15) is 0 Å². The number of aromatic nitrogens is 1. The average molecular weight is 225 g/mol. The quantitative estimate of drug-likeness (QED) is 0.734. The molecule has 17 heavy (non-hydrogen) atoms. The molecule has 0 spiro atoms. The monoisotopic (exact) mass is 225 g/mol. The molecule has 2 atom stereocenters. The molecule has 3 heteroatoms. The van der Waals surface area contributed by atoms with Gasteiger partial charge in [-0.25, -0.2) is 4.98 Å². The molecule has 0 aromatic carbocycles. The molecule has 86 valence electrons. The molecule has 3 rings (SSSR count). The molecule has 2 unspecified atom stereocenters. The van der Waals surface area contributed by atoms with E-state index in [0.29, 0.717) is 0 Å². The maximum absolute atomic E-state index is 4.55. The average Bonchev–Trinajstić information content (AvgIpc) is 2.67. The van der Waals surface area contributed by atoms with Gasteiger partial charge in [0.1, 0.15) is 5.82 Å². The third kappa shape index (κ3) is 1.42. The summed E-state index contributed by atoms with van der Waals surface area (Å²) in [5, 5.41) is 0. The van der Waals surface area contributed by atoms with Crippen molar-refractivity contribution in [3.8, 4) is 0 Å². The standard InChI is InChI=1S/C14H15N3/c1-11-6-5-9-15-13(11)17-10-16-12-7-3-4-8-14(12,17)2/h3-10,12H,1-2H3. The molecule has 0 saturated carbocycles. The normalized spacial score (nSPS) is 29.8. The number of aryl methyl sites for hydroxylation is 1. The zero-order valence-corrected chi connectivity index (χ0v) is 10.0. The summed E-state index contributed by atoms with van der Waals surface area (Å²) in [5.41, 5.74) is 1.05. The van der Waals surface area contributed by atoms with Gasteiger partial charge in [-0.1, -0.05) is 30.4 Å². The van der Waals surface area contributed by atoms with Gasteiger partial charge in [0.25, 0.3) is 0 Å². The lowest BCUT2D eigenvalue weighted by Gasteiger charge is -2.36. The fourth-order valence-electron chi connectivity index (χ4n) is 2.41. The van der Waals surface area contributed by atoms with Gasteiger partial charge in [0.05, 0.1) is 17.9 Å². The van der Waals surface area contributed by atoms with Crippen LogP contribution in [0, 0.1) is 6.92 Å². The van der Waals surface area contributed by atoms with E-state index < -0.39 is 0 Å². The van der Waals surface area contributed by atoms with Gasteiger partial charge in [0.15, 0.2) is 0 Å². The second-order valence-electron chi connectivity index (χ2n) is 4.69. The van der Waals surface area contributed by atoms with Crippen LogP contribution in [0.5, 0.6) is 0 Å². The van der Waals surface area contributed by atoms with Crippen molar-refractivity contribution < 1.29 is 0 Å². The molecule has 0 fully saturated rings. The summed E-state index contributed by atoms with van der Waals surface area (Å²) in [6.45, 7) is 4.27. The lowest BCUT2D eigenvalue weighted by molar-refractivity contribution is 0.543. The lowest BCUT2D eigenvalue weighted by Crippen LogP contribution is -2.48. The highest BCUT2D eigenvalue weighted by Gasteiger charge is 2.41. The molecule has 3 nitrogen and oxygen atoms in total. The SMILES string of the molecule is Cc1cccnc1N1C=NC2C=CC=CC21C. The predicted octanol–water partition coefficient (Wildman–Crippen LogP) is 2.49. The smallest absolute Gasteiger partial charge is 0.137 e. The number of pyridine rings is 1. The first-order valence-corrected chi connectivity index (χ1v) is 5.82. The molecule has 2 heterocycles. The first-order chi connectivity index (χ1) is 8.22. The summed E-state index contributed by atoms with van der Waals surface area (Å²) < 4.78 is 0. The lowest BCUT2D eigenvalue weighted by atomic mass is 9.88. The van der Waals surface area contributed by atoms with Gasteiger partial charge in [0, 0.05) is 6.20 Å². The van der Waals surface area contributed by atoms with E-state index in [2.05, 4.69) is 59.1 Å². The van der Waals surface area contributed by atoms with Gasteiger partial charge in [-0.3, -0.25) is 4.99 Å². The van der Waals surface area contributed by atoms with Crippen LogP contribution < -0.4 is 4.90 Å². The first-order valence-electron chi connectivity index (χ1n) is 5.82. The van der Waals surface area contributed by atoms with Gasteiger partial charge < -0.3 is 4.90 Å². The molecular weight excluding hydrogens is 210 g/mol. The van der Waals surface area contributed by atoms with Gasteiger partial charge in [-0.15, -0.1) is 0 Å². The molecule has 1 aromatic rings. The summed E-state index contributed by atoms with van der Waals surface area (Å²) in [7, 11) is 0. The zero-order valence-electron chi connectivity index (χ0n) is 10.0. The molecule has 1 aliphatic carbocycles. The number of fused-ring (bicyclic) bond motifs is 1. The Kier molecular flexibility index (Phi) is 2.15. The molecule has 0 amide bonds. The van der Waals surface area contributed by atoms with E-state index in [4.69, 9.17) is 0 Å². The minimum Gasteiger partial charge on any atom is -0.305 e. The highest BCUT2D eigenvalue weighted by Crippen LogP contribution is 2.35. The van der Waals surface area contributed by atoms with Crippen LogP contribution in [0.25, 0.3) is 0 Å². The van der Waals surface area contributed by atoms with Crippen LogP contribution >= 0.6 is 0 Å². The number of hydrogen-bond acceptors (Lipinski definition) is 3. The van der Waals surface area contributed by atoms with Crippen LogP contribution in [0.15, 0.2) is 47.6 Å². The van der Waals surface area contributed by atoms with Gasteiger partial charge >= 0.3 is 0 Å². The van der Waals surface area contributed by atoms with Crippen LogP contribution in [0.2, 0.25) is 0 Å². The van der Waals surface area contributed by atoms with Crippen LogP contribution in [-0.4, -0.2) is 22.9 Å². The van der Waals surface area contributed by atoms with Crippen molar-refractivity contribution in [2.75, 3.05) is 4.90 Å². The van der Waals surface area contributed by atoms with E-state index in [1.54, 1.807) is 0 Å². The van der Waals surface area contributed by atoms with Crippen molar-refractivity contribution in [2.45, 2.75) is 25.4 Å². The van der Waals surface area contributed by atoms with Crippen LogP contribution in [0.1, 0.15) is 12.5 Å². The third-order valence-electron chi connectivity index (χ3n) is 3.51. The van der Waals surface area contributed by atoms with Crippen LogP contribution in [0.3, 0.4) is 0 Å². The zero-order chi connectivity index (χ0) is 11.9. The summed E-state index contributed by atoms with van der Waals surface area (Å²) >= 11 is 0. The van der Waals surface area contributed by atoms with E-state index in [1.807, 2.05) is 18.6 Å². The van der Waals surface area contributed by atoms with Gasteiger partial charge in [0.2, 0.25) is 0 Å². The van der Waals surface area contributed by atoms with Gasteiger partial charge in [-0.05, 0) is 25.5 Å². The van der Waals surface area contributed by atoms with Crippen molar-refractivity contribution in [2.24, 2.45) is 4.99 Å². The van der Waals surface area contributed by atoms with Crippen molar-refractivity contribution >= 4 is 12.2 Å². The molecule has 0 N–H and O–H groups in total. The second-order valence-corrected chi connectivity index (χ2v) is 4.69. The number of allylic oxidation sites excluding steroid dienone is 2. The Labute approximate surface area is 101 Å². The van der Waals surface area contributed by atoms with E-state index >= 15 is 0 Å². The van der Waals surface area contributed by atoms with E-state index in [1.165, 1.54) is 5.56 Å². The molecule has 0 radical (unpaired) electrons. The third-order valence-corrected chi connectivity index (χ3v) is 3.51. The van der Waals surface area contributed by atoms with E-state index in [9.17, 15) is 0 Å². The van der Waals surface area contributed by atoms with Crippen molar-refractivity contribution in [3.05, 3.63) is 48.2 Å². The Morgan fingerprint density at radius 3 is 3.06 bits per heavy atom. The maximum atomic E-state index is 4.55. The van der Waals surface area contributed by atoms with Crippen molar-refractivity contribution in [3.63, 3.8) is 0 Å². The molecular formula is C14H15N3. The molecule has 0 bridgehead atoms. The Balaban J connectivity index is 2.06. The highest BCUT2D eigenvalue weighted by atomic mass is 15.3. The molecule has 1 aliphatic heterocycles. The fourth-order valence-corrected chi connectivity index (χ4v) is 2.41. The number of nitrogens with zero attached hydrogens (tertiary/aromatic N) is 3. The number of rotatable bonds is 1. The van der Waals surface area contributed by atoms with Crippen molar-refractivity contribution in [1.82, 2.24) is 4.98 Å².